The van der Waals surface area contributed by atoms with Crippen LogP contribution < -0.4 is 0 Å². The number of allylic oxidation sites excluding steroid dienone is 10. The average molecular weight is 749 g/mol. The molecule has 4 N–H and O–H groups in total. The first-order valence-electron chi connectivity index (χ1n) is 20.4. The number of ether oxygens (including phenoxy) is 4. The number of rotatable bonds is 32. The van der Waals surface area contributed by atoms with Crippen LogP contribution in [0.25, 0.3) is 0 Å². The van der Waals surface area contributed by atoms with E-state index in [-0.39, 0.29) is 26.1 Å². The van der Waals surface area contributed by atoms with Gasteiger partial charge in [-0.25, -0.2) is 0 Å². The zero-order valence-corrected chi connectivity index (χ0v) is 32.7. The van der Waals surface area contributed by atoms with Crippen molar-refractivity contribution in [1.29, 1.82) is 0 Å². The van der Waals surface area contributed by atoms with Crippen molar-refractivity contribution in [2.45, 2.75) is 179 Å². The summed E-state index contributed by atoms with van der Waals surface area (Å²) in [5, 5.41) is 39.9. The first-order valence-corrected chi connectivity index (χ1v) is 20.4. The van der Waals surface area contributed by atoms with Crippen LogP contribution in [0.1, 0.15) is 142 Å². The molecule has 304 valence electrons. The molecule has 1 heterocycles. The minimum absolute atomic E-state index is 0.198. The van der Waals surface area contributed by atoms with Gasteiger partial charge < -0.3 is 39.4 Å². The van der Waals surface area contributed by atoms with Crippen LogP contribution in [-0.2, 0) is 28.5 Å². The van der Waals surface area contributed by atoms with Gasteiger partial charge in [0, 0.05) is 12.8 Å². The Labute approximate surface area is 320 Å². The molecule has 53 heavy (non-hydrogen) atoms. The minimum Gasteiger partial charge on any atom is -0.462 e. The molecule has 0 aromatic rings. The van der Waals surface area contributed by atoms with Crippen LogP contribution in [0, 0.1) is 0 Å². The molecule has 0 radical (unpaired) electrons. The number of esters is 2. The highest BCUT2D eigenvalue weighted by Crippen LogP contribution is 2.22. The highest BCUT2D eigenvalue weighted by atomic mass is 16.7. The second kappa shape index (κ2) is 33.9. The van der Waals surface area contributed by atoms with Crippen LogP contribution in [0.4, 0.5) is 0 Å². The van der Waals surface area contributed by atoms with E-state index in [4.69, 9.17) is 18.9 Å². The highest BCUT2D eigenvalue weighted by molar-refractivity contribution is 5.70. The zero-order valence-electron chi connectivity index (χ0n) is 32.7. The van der Waals surface area contributed by atoms with Crippen LogP contribution >= 0.6 is 0 Å². The van der Waals surface area contributed by atoms with E-state index in [0.717, 1.165) is 64.2 Å². The van der Waals surface area contributed by atoms with Crippen molar-refractivity contribution in [1.82, 2.24) is 0 Å². The molecule has 1 aliphatic heterocycles. The molecule has 10 heteroatoms. The van der Waals surface area contributed by atoms with E-state index < -0.39 is 55.4 Å². The van der Waals surface area contributed by atoms with E-state index in [9.17, 15) is 30.0 Å². The molecule has 0 aromatic heterocycles. The van der Waals surface area contributed by atoms with Crippen LogP contribution in [0.3, 0.4) is 0 Å². The fraction of sp³-hybridized carbons (Fsp3) is 0.721. The Kier molecular flexibility index (Phi) is 31.0. The van der Waals surface area contributed by atoms with E-state index in [1.165, 1.54) is 38.5 Å². The lowest BCUT2D eigenvalue weighted by atomic mass is 9.99. The molecule has 0 bridgehead atoms. The Morgan fingerprint density at radius 2 is 1.11 bits per heavy atom. The third-order valence-electron chi connectivity index (χ3n) is 8.89. The summed E-state index contributed by atoms with van der Waals surface area (Å²) in [6, 6.07) is 0. The van der Waals surface area contributed by atoms with E-state index in [0.29, 0.717) is 12.8 Å². The number of aliphatic hydroxyl groups excluding tert-OH is 4. The van der Waals surface area contributed by atoms with Crippen molar-refractivity contribution in [2.24, 2.45) is 0 Å². The SMILES string of the molecule is CC/C=C/C/C=C/C/C=C/C/C=C/CCCCC(=O)OC[C@@H](CO[C@H]1O[C@@H](CO)[C@@H](O)C(O)C1O)OC(=O)CCCCC/C=C/CCCCCCCC. The first-order chi connectivity index (χ1) is 25.8. The largest absolute Gasteiger partial charge is 0.462 e. The summed E-state index contributed by atoms with van der Waals surface area (Å²) in [5.74, 6) is -0.881. The molecule has 0 saturated carbocycles. The smallest absolute Gasteiger partial charge is 0.306 e. The van der Waals surface area contributed by atoms with Crippen molar-refractivity contribution in [3.63, 3.8) is 0 Å². The predicted octanol–water partition coefficient (Wildman–Crippen LogP) is 7.88. The molecular weight excluding hydrogens is 676 g/mol. The Bertz CT molecular complexity index is 1050. The van der Waals surface area contributed by atoms with E-state index in [1.807, 2.05) is 0 Å². The van der Waals surface area contributed by atoms with E-state index in [2.05, 4.69) is 74.6 Å². The van der Waals surface area contributed by atoms with Gasteiger partial charge in [-0.2, -0.15) is 0 Å². The second-order valence-corrected chi connectivity index (χ2v) is 13.7. The Hall–Kier alpha value is -2.60. The summed E-state index contributed by atoms with van der Waals surface area (Å²) in [6.45, 7) is 3.21. The van der Waals surface area contributed by atoms with Gasteiger partial charge in [0.05, 0.1) is 13.2 Å². The third kappa shape index (κ3) is 25.9. The van der Waals surface area contributed by atoms with Crippen LogP contribution in [0.15, 0.2) is 60.8 Å². The van der Waals surface area contributed by atoms with Crippen LogP contribution in [-0.4, -0.2) is 89.0 Å². The molecule has 10 nitrogen and oxygen atoms in total. The molecule has 1 aliphatic rings. The molecule has 1 fully saturated rings. The van der Waals surface area contributed by atoms with Crippen molar-refractivity contribution in [3.05, 3.63) is 60.8 Å². The van der Waals surface area contributed by atoms with Gasteiger partial charge in [-0.05, 0) is 77.0 Å². The van der Waals surface area contributed by atoms with E-state index >= 15 is 0 Å². The van der Waals surface area contributed by atoms with Crippen LogP contribution in [0.2, 0.25) is 0 Å². The van der Waals surface area contributed by atoms with Gasteiger partial charge in [0.15, 0.2) is 12.4 Å². The molecule has 0 aliphatic carbocycles. The fourth-order valence-corrected chi connectivity index (χ4v) is 5.64. The molecule has 1 saturated heterocycles. The Morgan fingerprint density at radius 1 is 0.604 bits per heavy atom. The summed E-state index contributed by atoms with van der Waals surface area (Å²) in [6.07, 6.45) is 32.3. The molecule has 6 atom stereocenters. The van der Waals surface area contributed by atoms with Gasteiger partial charge >= 0.3 is 11.9 Å². The lowest BCUT2D eigenvalue weighted by Gasteiger charge is -2.39. The molecule has 2 unspecified atom stereocenters. The summed E-state index contributed by atoms with van der Waals surface area (Å²) in [5.41, 5.74) is 0. The standard InChI is InChI=1S/C43H72O10/c1-3-5-7-9-11-13-15-17-18-20-21-23-25-27-29-31-38(45)50-34-36(35-51-43-42(49)41(48)40(47)37(33-44)53-43)52-39(46)32-30-28-26-24-22-19-16-14-12-10-8-6-4-2/h5,7,11,13,17-19,21-23,36-37,40-44,47-49H,3-4,6,8-10,12,14-16,20,24-35H2,1-2H3/b7-5+,13-11+,18-17+,22-19+,23-21+/t36-,37-,40+,41?,42?,43-/m0/s1. The lowest BCUT2D eigenvalue weighted by molar-refractivity contribution is -0.305. The van der Waals surface area contributed by atoms with Crippen molar-refractivity contribution < 1.29 is 49.0 Å². The van der Waals surface area contributed by atoms with Gasteiger partial charge in [-0.3, -0.25) is 9.59 Å². The molecule has 0 spiro atoms. The molecule has 1 rings (SSSR count). The molecule has 0 aromatic carbocycles. The van der Waals surface area contributed by atoms with Gasteiger partial charge in [0.1, 0.15) is 31.0 Å². The summed E-state index contributed by atoms with van der Waals surface area (Å²) in [7, 11) is 0. The lowest BCUT2D eigenvalue weighted by Crippen LogP contribution is -2.59. The topological polar surface area (TPSA) is 152 Å². The third-order valence-corrected chi connectivity index (χ3v) is 8.89. The average Bonchev–Trinajstić information content (AvgIpc) is 3.15. The predicted molar refractivity (Wildman–Crippen MR) is 210 cm³/mol. The van der Waals surface area contributed by atoms with Crippen molar-refractivity contribution in [2.75, 3.05) is 19.8 Å². The molecular formula is C43H72O10. The number of hydrogen-bond donors (Lipinski definition) is 4. The summed E-state index contributed by atoms with van der Waals surface area (Å²) >= 11 is 0. The van der Waals surface area contributed by atoms with Gasteiger partial charge in [-0.1, -0.05) is 113 Å². The van der Waals surface area contributed by atoms with Gasteiger partial charge in [-0.15, -0.1) is 0 Å². The second-order valence-electron chi connectivity index (χ2n) is 13.7. The maximum Gasteiger partial charge on any atom is 0.306 e. The number of carbonyl (C=O) groups excluding carboxylic acids is 2. The number of aliphatic hydroxyl groups is 4. The first kappa shape index (κ1) is 48.4. The maximum absolute atomic E-state index is 12.7. The van der Waals surface area contributed by atoms with Gasteiger partial charge in [0.25, 0.3) is 0 Å². The Morgan fingerprint density at radius 3 is 1.74 bits per heavy atom. The number of carbonyl (C=O) groups is 2. The zero-order chi connectivity index (χ0) is 38.8. The fourth-order valence-electron chi connectivity index (χ4n) is 5.64. The number of hydrogen-bond acceptors (Lipinski definition) is 10. The molecule has 0 amide bonds. The summed E-state index contributed by atoms with van der Waals surface area (Å²) < 4.78 is 22.0. The van der Waals surface area contributed by atoms with Gasteiger partial charge in [0.2, 0.25) is 0 Å². The van der Waals surface area contributed by atoms with Crippen molar-refractivity contribution in [3.8, 4) is 0 Å². The maximum atomic E-state index is 12.7. The normalized spacial score (nSPS) is 21.5. The van der Waals surface area contributed by atoms with Crippen molar-refractivity contribution >= 4 is 11.9 Å². The minimum atomic E-state index is -1.60. The monoisotopic (exact) mass is 749 g/mol. The Balaban J connectivity index is 2.43. The quantitative estimate of drug-likeness (QED) is 0.0304. The highest BCUT2D eigenvalue weighted by Gasteiger charge is 2.44. The van der Waals surface area contributed by atoms with E-state index in [1.54, 1.807) is 0 Å². The number of unbranched alkanes of at least 4 members (excludes halogenated alkanes) is 11. The summed E-state index contributed by atoms with van der Waals surface area (Å²) in [4.78, 5) is 25.2. The van der Waals surface area contributed by atoms with Crippen LogP contribution in [0.5, 0.6) is 0 Å².